The summed E-state index contributed by atoms with van der Waals surface area (Å²) in [7, 11) is 1.83. The van der Waals surface area contributed by atoms with E-state index in [2.05, 4.69) is 158 Å². The largest absolute Gasteiger partial charge is 0.296 e. The molecule has 0 bridgehead atoms. The SMILES string of the molecule is CN=Cc1ccc2c(c1)C(C)(C)c1cc(-c3ccc(-c4c5ccccc5c(-c5ccccc5)c5ccccc45)cc3)ccc1-2. The van der Waals surface area contributed by atoms with E-state index in [9.17, 15) is 0 Å². The molecule has 0 spiro atoms. The Morgan fingerprint density at radius 2 is 0.909 bits per heavy atom. The molecule has 7 aromatic carbocycles. The molecule has 0 atom stereocenters. The maximum Gasteiger partial charge on any atom is 0.0281 e. The third-order valence-electron chi connectivity index (χ3n) is 9.48. The Balaban J connectivity index is 1.24. The Bertz CT molecular complexity index is 2180. The van der Waals surface area contributed by atoms with E-state index in [1.807, 2.05) is 13.3 Å². The molecular formula is C43H33N. The molecule has 0 fully saturated rings. The Labute approximate surface area is 259 Å². The molecule has 1 aliphatic carbocycles. The summed E-state index contributed by atoms with van der Waals surface area (Å²) < 4.78 is 0. The lowest BCUT2D eigenvalue weighted by molar-refractivity contribution is 0.660. The van der Waals surface area contributed by atoms with E-state index in [4.69, 9.17) is 0 Å². The first-order valence-corrected chi connectivity index (χ1v) is 15.4. The fourth-order valence-corrected chi connectivity index (χ4v) is 7.35. The summed E-state index contributed by atoms with van der Waals surface area (Å²) >= 11 is 0. The van der Waals surface area contributed by atoms with E-state index < -0.39 is 0 Å². The molecule has 44 heavy (non-hydrogen) atoms. The van der Waals surface area contributed by atoms with Crippen molar-refractivity contribution in [3.63, 3.8) is 0 Å². The predicted octanol–water partition coefficient (Wildman–Crippen LogP) is 11.3. The number of hydrogen-bond acceptors (Lipinski definition) is 1. The summed E-state index contributed by atoms with van der Waals surface area (Å²) in [5, 5.41) is 5.13. The van der Waals surface area contributed by atoms with E-state index in [0.29, 0.717) is 0 Å². The molecular weight excluding hydrogens is 530 g/mol. The zero-order valence-corrected chi connectivity index (χ0v) is 25.3. The van der Waals surface area contributed by atoms with E-state index >= 15 is 0 Å². The molecule has 0 aliphatic heterocycles. The van der Waals surface area contributed by atoms with Gasteiger partial charge in [0.15, 0.2) is 0 Å². The average Bonchev–Trinajstić information content (AvgIpc) is 3.29. The van der Waals surface area contributed by atoms with Crippen LogP contribution < -0.4 is 0 Å². The molecule has 0 unspecified atom stereocenters. The van der Waals surface area contributed by atoms with Crippen molar-refractivity contribution in [1.29, 1.82) is 0 Å². The van der Waals surface area contributed by atoms with Gasteiger partial charge in [-0.25, -0.2) is 0 Å². The van der Waals surface area contributed by atoms with Crippen LogP contribution >= 0.6 is 0 Å². The molecule has 0 amide bonds. The van der Waals surface area contributed by atoms with Crippen LogP contribution in [0.4, 0.5) is 0 Å². The normalized spacial score (nSPS) is 13.4. The van der Waals surface area contributed by atoms with E-state index in [1.165, 1.54) is 77.2 Å². The topological polar surface area (TPSA) is 12.4 Å². The van der Waals surface area contributed by atoms with Crippen LogP contribution in [0, 0.1) is 0 Å². The summed E-state index contributed by atoms with van der Waals surface area (Å²) in [5.74, 6) is 0. The first kappa shape index (κ1) is 26.4. The molecule has 0 saturated heterocycles. The van der Waals surface area contributed by atoms with E-state index in [1.54, 1.807) is 0 Å². The second kappa shape index (κ2) is 10.2. The van der Waals surface area contributed by atoms with Crippen LogP contribution in [-0.4, -0.2) is 13.3 Å². The lowest BCUT2D eigenvalue weighted by Crippen LogP contribution is -2.15. The van der Waals surface area contributed by atoms with Gasteiger partial charge in [-0.15, -0.1) is 0 Å². The predicted molar refractivity (Wildman–Crippen MR) is 189 cm³/mol. The van der Waals surface area contributed by atoms with Gasteiger partial charge in [0.05, 0.1) is 0 Å². The molecule has 0 radical (unpaired) electrons. The molecule has 1 nitrogen and oxygen atoms in total. The smallest absolute Gasteiger partial charge is 0.0281 e. The number of rotatable bonds is 4. The van der Waals surface area contributed by atoms with Crippen LogP contribution in [0.2, 0.25) is 0 Å². The van der Waals surface area contributed by atoms with Gasteiger partial charge in [-0.3, -0.25) is 4.99 Å². The minimum absolute atomic E-state index is 0.0729. The fraction of sp³-hybridized carbons (Fsp3) is 0.0930. The molecule has 7 aromatic rings. The summed E-state index contributed by atoms with van der Waals surface area (Å²) in [6.45, 7) is 4.68. The lowest BCUT2D eigenvalue weighted by atomic mass is 9.81. The summed E-state index contributed by atoms with van der Waals surface area (Å²) in [6, 6.07) is 51.4. The molecule has 0 saturated carbocycles. The van der Waals surface area contributed by atoms with Gasteiger partial charge in [0.25, 0.3) is 0 Å². The highest BCUT2D eigenvalue weighted by molar-refractivity contribution is 6.21. The zero-order chi connectivity index (χ0) is 29.8. The van der Waals surface area contributed by atoms with Crippen LogP contribution in [0.1, 0.15) is 30.5 Å². The summed E-state index contributed by atoms with van der Waals surface area (Å²) in [6.07, 6.45) is 1.94. The van der Waals surface area contributed by atoms with Gasteiger partial charge >= 0.3 is 0 Å². The van der Waals surface area contributed by atoms with Crippen molar-refractivity contribution < 1.29 is 0 Å². The van der Waals surface area contributed by atoms with Crippen molar-refractivity contribution in [2.45, 2.75) is 19.3 Å². The van der Waals surface area contributed by atoms with Gasteiger partial charge in [0.2, 0.25) is 0 Å². The van der Waals surface area contributed by atoms with Gasteiger partial charge in [0.1, 0.15) is 0 Å². The van der Waals surface area contributed by atoms with Gasteiger partial charge in [-0.2, -0.15) is 0 Å². The third kappa shape index (κ3) is 4.04. The number of fused-ring (bicyclic) bond motifs is 5. The maximum absolute atomic E-state index is 4.24. The van der Waals surface area contributed by atoms with Crippen LogP contribution in [0.25, 0.3) is 66.1 Å². The molecule has 1 aliphatic rings. The molecule has 8 rings (SSSR count). The van der Waals surface area contributed by atoms with Crippen molar-refractivity contribution in [1.82, 2.24) is 0 Å². The average molecular weight is 564 g/mol. The van der Waals surface area contributed by atoms with Crippen LogP contribution in [0.5, 0.6) is 0 Å². The Morgan fingerprint density at radius 1 is 0.455 bits per heavy atom. The second-order valence-corrected chi connectivity index (χ2v) is 12.4. The highest BCUT2D eigenvalue weighted by atomic mass is 14.6. The van der Waals surface area contributed by atoms with Crippen molar-refractivity contribution in [3.8, 4) is 44.5 Å². The number of nitrogens with zero attached hydrogens (tertiary/aromatic N) is 1. The van der Waals surface area contributed by atoms with Crippen molar-refractivity contribution in [3.05, 3.63) is 156 Å². The van der Waals surface area contributed by atoms with Gasteiger partial charge in [-0.1, -0.05) is 141 Å². The van der Waals surface area contributed by atoms with Crippen molar-refractivity contribution >= 4 is 27.8 Å². The minimum atomic E-state index is -0.0729. The monoisotopic (exact) mass is 563 g/mol. The number of aliphatic imine (C=N–C) groups is 1. The number of hydrogen-bond donors (Lipinski definition) is 0. The zero-order valence-electron chi connectivity index (χ0n) is 25.3. The molecule has 0 N–H and O–H groups in total. The Morgan fingerprint density at radius 3 is 1.48 bits per heavy atom. The lowest BCUT2D eigenvalue weighted by Gasteiger charge is -2.22. The molecule has 1 heteroatoms. The maximum atomic E-state index is 4.24. The van der Waals surface area contributed by atoms with Gasteiger partial charge in [-0.05, 0) is 94.9 Å². The number of benzene rings is 7. The highest BCUT2D eigenvalue weighted by Gasteiger charge is 2.35. The van der Waals surface area contributed by atoms with Gasteiger partial charge < -0.3 is 0 Å². The Kier molecular flexibility index (Phi) is 6.10. The first-order valence-electron chi connectivity index (χ1n) is 15.4. The standard InChI is InChI=1S/C43H33N/c1-43(2)39-25-28(27-44-3)17-23-33(39)34-24-22-32(26-40(34)43)29-18-20-31(21-19-29)42-37-15-9-7-13-35(37)41(30-11-5-4-6-12-30)36-14-8-10-16-38(36)42/h4-27H,1-3H3. The van der Waals surface area contributed by atoms with E-state index in [0.717, 1.165) is 5.56 Å². The molecule has 0 aromatic heterocycles. The highest BCUT2D eigenvalue weighted by Crippen LogP contribution is 2.50. The fourth-order valence-electron chi connectivity index (χ4n) is 7.35. The molecule has 0 heterocycles. The van der Waals surface area contributed by atoms with Crippen LogP contribution in [0.3, 0.4) is 0 Å². The van der Waals surface area contributed by atoms with Crippen LogP contribution in [-0.2, 0) is 5.41 Å². The van der Waals surface area contributed by atoms with Crippen molar-refractivity contribution in [2.75, 3.05) is 7.05 Å². The minimum Gasteiger partial charge on any atom is -0.296 e. The molecule has 210 valence electrons. The van der Waals surface area contributed by atoms with Crippen molar-refractivity contribution in [2.24, 2.45) is 4.99 Å². The Hall–Kier alpha value is -5.27. The third-order valence-corrected chi connectivity index (χ3v) is 9.48. The quantitative estimate of drug-likeness (QED) is 0.149. The summed E-state index contributed by atoms with van der Waals surface area (Å²) in [5.41, 5.74) is 14.1. The van der Waals surface area contributed by atoms with Gasteiger partial charge in [0, 0.05) is 18.7 Å². The summed E-state index contributed by atoms with van der Waals surface area (Å²) in [4.78, 5) is 4.24. The second-order valence-electron chi connectivity index (χ2n) is 12.4. The van der Waals surface area contributed by atoms with E-state index in [-0.39, 0.29) is 5.41 Å². The first-order chi connectivity index (χ1) is 21.5. The van der Waals surface area contributed by atoms with Crippen LogP contribution in [0.15, 0.2) is 145 Å².